The quantitative estimate of drug-likeness (QED) is 0.473. The van der Waals surface area contributed by atoms with Crippen LogP contribution >= 0.6 is 0 Å². The third-order valence-corrected chi connectivity index (χ3v) is 6.39. The highest BCUT2D eigenvalue weighted by Crippen LogP contribution is 2.24. The number of anilines is 1. The molecule has 1 amide bonds. The summed E-state index contributed by atoms with van der Waals surface area (Å²) in [5, 5.41) is 2.92. The molecule has 1 aliphatic heterocycles. The van der Waals surface area contributed by atoms with E-state index in [-0.39, 0.29) is 5.91 Å². The van der Waals surface area contributed by atoms with Gasteiger partial charge in [-0.3, -0.25) is 18.7 Å². The number of carbonyl (C=O) groups excluding carboxylic acids is 1. The number of nitrogens with zero attached hydrogens (tertiary/aromatic N) is 6. The lowest BCUT2D eigenvalue weighted by molar-refractivity contribution is -0.116. The second-order valence-corrected chi connectivity index (χ2v) is 8.74. The van der Waals surface area contributed by atoms with E-state index in [4.69, 9.17) is 4.98 Å². The van der Waals surface area contributed by atoms with Crippen LogP contribution in [-0.4, -0.2) is 34.1 Å². The summed E-state index contributed by atoms with van der Waals surface area (Å²) in [5.74, 6) is 1.04. The third kappa shape index (κ3) is 3.95. The predicted octanol–water partition coefficient (Wildman–Crippen LogP) is 2.05. The lowest BCUT2D eigenvalue weighted by Gasteiger charge is -2.11. The maximum absolute atomic E-state index is 12.5. The Kier molecular flexibility index (Phi) is 5.64. The number of amides is 1. The normalized spacial score (nSPS) is 13.2. The van der Waals surface area contributed by atoms with E-state index >= 15 is 0 Å². The molecule has 4 aromatic rings. The second-order valence-electron chi connectivity index (χ2n) is 8.74. The summed E-state index contributed by atoms with van der Waals surface area (Å²) in [6.45, 7) is 1.47. The smallest absolute Gasteiger partial charge is 0.332 e. The summed E-state index contributed by atoms with van der Waals surface area (Å²) in [7, 11) is 3.03. The van der Waals surface area contributed by atoms with Gasteiger partial charge in [0.1, 0.15) is 5.82 Å². The average Bonchev–Trinajstić information content (AvgIpc) is 3.46. The SMILES string of the molecule is Cn1c(=O)c2c(ncn2CCCC(=O)Nc2ccc(-c3cn4c(n3)CCCC4)cc2)n(C)c1=O. The lowest BCUT2D eigenvalue weighted by atomic mass is 10.1. The van der Waals surface area contributed by atoms with Crippen molar-refractivity contribution >= 4 is 22.8 Å². The number of carbonyl (C=O) groups is 1. The van der Waals surface area contributed by atoms with Crippen molar-refractivity contribution in [1.82, 2.24) is 28.2 Å². The maximum Gasteiger partial charge on any atom is 0.332 e. The minimum atomic E-state index is -0.416. The van der Waals surface area contributed by atoms with Crippen LogP contribution in [-0.2, 0) is 38.4 Å². The van der Waals surface area contributed by atoms with Gasteiger partial charge in [0.25, 0.3) is 5.56 Å². The Bertz CT molecular complexity index is 1460. The summed E-state index contributed by atoms with van der Waals surface area (Å²) < 4.78 is 6.34. The van der Waals surface area contributed by atoms with Gasteiger partial charge >= 0.3 is 5.69 Å². The average molecular weight is 462 g/mol. The standard InChI is InChI=1S/C24H27N7O3/c1-28-22-21(23(33)29(2)24(28)34)31(15-25-22)13-5-7-20(32)26-17-10-8-16(9-11-17)18-14-30-12-4-3-6-19(30)27-18/h8-11,14-15H,3-7,12-13H2,1-2H3,(H,26,32). The van der Waals surface area contributed by atoms with Gasteiger partial charge in [-0.25, -0.2) is 14.8 Å². The second kappa shape index (κ2) is 8.77. The molecule has 4 heterocycles. The number of hydrogen-bond donors (Lipinski definition) is 1. The summed E-state index contributed by atoms with van der Waals surface area (Å²) in [6, 6.07) is 7.72. The molecule has 0 bridgehead atoms. The van der Waals surface area contributed by atoms with Crippen LogP contribution in [0, 0.1) is 0 Å². The Morgan fingerprint density at radius 3 is 2.65 bits per heavy atom. The van der Waals surface area contributed by atoms with E-state index in [0.29, 0.717) is 30.6 Å². The molecule has 1 N–H and O–H groups in total. The number of benzene rings is 1. The fourth-order valence-electron chi connectivity index (χ4n) is 4.48. The number of aromatic nitrogens is 6. The van der Waals surface area contributed by atoms with Crippen molar-refractivity contribution in [2.45, 2.75) is 45.2 Å². The van der Waals surface area contributed by atoms with Gasteiger partial charge < -0.3 is 14.5 Å². The van der Waals surface area contributed by atoms with Crippen LogP contribution in [0.2, 0.25) is 0 Å². The minimum absolute atomic E-state index is 0.102. The maximum atomic E-state index is 12.5. The van der Waals surface area contributed by atoms with Gasteiger partial charge in [-0.15, -0.1) is 0 Å². The number of nitrogens with one attached hydrogen (secondary N) is 1. The number of imidazole rings is 2. The van der Waals surface area contributed by atoms with E-state index in [9.17, 15) is 14.4 Å². The van der Waals surface area contributed by atoms with Crippen molar-refractivity contribution < 1.29 is 4.79 Å². The van der Waals surface area contributed by atoms with Gasteiger partial charge in [0.15, 0.2) is 11.2 Å². The molecule has 0 atom stereocenters. The zero-order valence-electron chi connectivity index (χ0n) is 19.3. The number of rotatable bonds is 6. The van der Waals surface area contributed by atoms with Gasteiger partial charge in [0.05, 0.1) is 12.0 Å². The molecule has 10 heteroatoms. The van der Waals surface area contributed by atoms with E-state index in [0.717, 1.165) is 40.3 Å². The Morgan fingerprint density at radius 2 is 1.88 bits per heavy atom. The van der Waals surface area contributed by atoms with Gasteiger partial charge in [0.2, 0.25) is 5.91 Å². The lowest BCUT2D eigenvalue weighted by Crippen LogP contribution is -2.37. The third-order valence-electron chi connectivity index (χ3n) is 6.39. The summed E-state index contributed by atoms with van der Waals surface area (Å²) in [6.07, 6.45) is 7.87. The van der Waals surface area contributed by atoms with Crippen LogP contribution < -0.4 is 16.6 Å². The van der Waals surface area contributed by atoms with Crippen LogP contribution in [0.25, 0.3) is 22.4 Å². The zero-order valence-corrected chi connectivity index (χ0v) is 19.3. The Labute approximate surface area is 195 Å². The first-order chi connectivity index (χ1) is 16.4. The van der Waals surface area contributed by atoms with E-state index in [1.54, 1.807) is 11.6 Å². The van der Waals surface area contributed by atoms with Gasteiger partial charge in [-0.1, -0.05) is 12.1 Å². The van der Waals surface area contributed by atoms with Crippen molar-refractivity contribution in [3.8, 4) is 11.3 Å². The molecular weight excluding hydrogens is 434 g/mol. The highest BCUT2D eigenvalue weighted by atomic mass is 16.2. The molecule has 1 aliphatic rings. The van der Waals surface area contributed by atoms with Gasteiger partial charge in [-0.2, -0.15) is 0 Å². The Balaban J connectivity index is 1.20. The van der Waals surface area contributed by atoms with Crippen LogP contribution in [0.3, 0.4) is 0 Å². The molecule has 0 saturated carbocycles. The topological polar surface area (TPSA) is 109 Å². The van der Waals surface area contributed by atoms with E-state index in [1.807, 2.05) is 24.3 Å². The van der Waals surface area contributed by atoms with Gasteiger partial charge in [0, 0.05) is 57.5 Å². The molecule has 34 heavy (non-hydrogen) atoms. The Morgan fingerprint density at radius 1 is 1.09 bits per heavy atom. The summed E-state index contributed by atoms with van der Waals surface area (Å²) in [5.41, 5.74) is 2.63. The molecule has 0 aliphatic carbocycles. The van der Waals surface area contributed by atoms with Crippen molar-refractivity contribution in [1.29, 1.82) is 0 Å². The van der Waals surface area contributed by atoms with E-state index in [1.165, 1.54) is 30.8 Å². The highest BCUT2D eigenvalue weighted by molar-refractivity contribution is 5.90. The fraction of sp³-hybridized carbons (Fsp3) is 0.375. The molecule has 10 nitrogen and oxygen atoms in total. The van der Waals surface area contributed by atoms with Crippen LogP contribution in [0.4, 0.5) is 5.69 Å². The summed E-state index contributed by atoms with van der Waals surface area (Å²) >= 11 is 0. The number of aryl methyl sites for hydroxylation is 4. The van der Waals surface area contributed by atoms with Crippen LogP contribution in [0.15, 0.2) is 46.4 Å². The molecule has 0 spiro atoms. The van der Waals surface area contributed by atoms with Crippen LogP contribution in [0.1, 0.15) is 31.5 Å². The van der Waals surface area contributed by atoms with Crippen molar-refractivity contribution in [3.05, 3.63) is 63.5 Å². The van der Waals surface area contributed by atoms with E-state index < -0.39 is 11.2 Å². The minimum Gasteiger partial charge on any atom is -0.334 e. The first kappa shape index (κ1) is 21.9. The summed E-state index contributed by atoms with van der Waals surface area (Å²) in [4.78, 5) is 46.0. The molecule has 1 aromatic carbocycles. The predicted molar refractivity (Wildman–Crippen MR) is 129 cm³/mol. The molecular formula is C24H27N7O3. The fourth-order valence-corrected chi connectivity index (χ4v) is 4.48. The molecule has 0 fully saturated rings. The number of hydrogen-bond acceptors (Lipinski definition) is 5. The van der Waals surface area contributed by atoms with Gasteiger partial charge in [-0.05, 0) is 31.4 Å². The largest absolute Gasteiger partial charge is 0.334 e. The monoisotopic (exact) mass is 461 g/mol. The highest BCUT2D eigenvalue weighted by Gasteiger charge is 2.15. The molecule has 0 unspecified atom stereocenters. The van der Waals surface area contributed by atoms with Crippen molar-refractivity contribution in [3.63, 3.8) is 0 Å². The van der Waals surface area contributed by atoms with Crippen LogP contribution in [0.5, 0.6) is 0 Å². The molecule has 5 rings (SSSR count). The molecule has 0 saturated heterocycles. The molecule has 0 radical (unpaired) electrons. The first-order valence-corrected chi connectivity index (χ1v) is 11.5. The van der Waals surface area contributed by atoms with Crippen molar-refractivity contribution in [2.24, 2.45) is 14.1 Å². The van der Waals surface area contributed by atoms with Crippen molar-refractivity contribution in [2.75, 3.05) is 5.32 Å². The molecule has 3 aromatic heterocycles. The number of fused-ring (bicyclic) bond motifs is 2. The Hall–Kier alpha value is -3.95. The molecule has 176 valence electrons. The zero-order chi connectivity index (χ0) is 23.8. The first-order valence-electron chi connectivity index (χ1n) is 11.5. The van der Waals surface area contributed by atoms with E-state index in [2.05, 4.69) is 21.1 Å².